The van der Waals surface area contributed by atoms with Gasteiger partial charge in [0, 0.05) is 13.0 Å². The number of nitriles is 1. The number of primary amides is 1. The number of rotatable bonds is 6. The Kier molecular flexibility index (Phi) is 5.06. The van der Waals surface area contributed by atoms with Crippen LogP contribution in [-0.2, 0) is 4.79 Å². The van der Waals surface area contributed by atoms with Crippen molar-refractivity contribution in [2.45, 2.75) is 19.3 Å². The monoisotopic (exact) mass is 253 g/mol. The van der Waals surface area contributed by atoms with E-state index in [1.807, 2.05) is 0 Å². The number of hydrogen-bond donors (Lipinski definition) is 2. The molecule has 0 heterocycles. The smallest absolute Gasteiger partial charge is 0.217 e. The molecule has 0 radical (unpaired) electrons. The van der Waals surface area contributed by atoms with Crippen LogP contribution in [0.4, 0.5) is 14.5 Å². The molecule has 0 atom stereocenters. The first-order valence-electron chi connectivity index (χ1n) is 5.46. The summed E-state index contributed by atoms with van der Waals surface area (Å²) in [4.78, 5) is 10.5. The molecule has 0 bridgehead atoms. The molecule has 6 heteroatoms. The molecule has 18 heavy (non-hydrogen) atoms. The average molecular weight is 253 g/mol. The number of nitrogens with one attached hydrogen (secondary N) is 1. The maximum Gasteiger partial charge on any atom is 0.217 e. The summed E-state index contributed by atoms with van der Waals surface area (Å²) >= 11 is 0. The van der Waals surface area contributed by atoms with Crippen LogP contribution in [0.3, 0.4) is 0 Å². The SMILES string of the molecule is N#Cc1cc(F)c(NCCCCC(N)=O)c(F)c1. The summed E-state index contributed by atoms with van der Waals surface area (Å²) in [6.07, 6.45) is 1.38. The molecular formula is C12H13F2N3O. The minimum absolute atomic E-state index is 0.0655. The molecule has 0 aliphatic rings. The van der Waals surface area contributed by atoms with E-state index in [1.165, 1.54) is 0 Å². The summed E-state index contributed by atoms with van der Waals surface area (Å²) in [5, 5.41) is 11.1. The summed E-state index contributed by atoms with van der Waals surface area (Å²) < 4.78 is 26.8. The largest absolute Gasteiger partial charge is 0.380 e. The van der Waals surface area contributed by atoms with Crippen molar-refractivity contribution in [1.82, 2.24) is 0 Å². The summed E-state index contributed by atoms with van der Waals surface area (Å²) in [6.45, 7) is 0.326. The molecule has 0 saturated carbocycles. The standard InChI is InChI=1S/C12H13F2N3O/c13-9-5-8(7-15)6-10(14)12(9)17-4-2-1-3-11(16)18/h5-6,17H,1-4H2,(H2,16,18). The first-order valence-corrected chi connectivity index (χ1v) is 5.46. The van der Waals surface area contributed by atoms with Gasteiger partial charge in [0.15, 0.2) is 11.6 Å². The fourth-order valence-corrected chi connectivity index (χ4v) is 1.44. The number of hydrogen-bond acceptors (Lipinski definition) is 3. The van der Waals surface area contributed by atoms with Crippen LogP contribution in [0.25, 0.3) is 0 Å². The number of unbranched alkanes of at least 4 members (excludes halogenated alkanes) is 1. The van der Waals surface area contributed by atoms with E-state index in [-0.39, 0.29) is 17.7 Å². The fraction of sp³-hybridized carbons (Fsp3) is 0.333. The van der Waals surface area contributed by atoms with Gasteiger partial charge in [0.2, 0.25) is 5.91 Å². The molecule has 3 N–H and O–H groups in total. The van der Waals surface area contributed by atoms with E-state index in [1.54, 1.807) is 6.07 Å². The van der Waals surface area contributed by atoms with Gasteiger partial charge < -0.3 is 11.1 Å². The number of carbonyl (C=O) groups excluding carboxylic acids is 1. The Morgan fingerprint density at radius 2 is 1.94 bits per heavy atom. The number of benzene rings is 1. The van der Waals surface area contributed by atoms with Gasteiger partial charge in [-0.05, 0) is 25.0 Å². The van der Waals surface area contributed by atoms with E-state index in [4.69, 9.17) is 11.0 Å². The van der Waals surface area contributed by atoms with Crippen LogP contribution >= 0.6 is 0 Å². The van der Waals surface area contributed by atoms with Gasteiger partial charge in [-0.2, -0.15) is 5.26 Å². The number of anilines is 1. The minimum Gasteiger partial charge on any atom is -0.380 e. The van der Waals surface area contributed by atoms with Gasteiger partial charge >= 0.3 is 0 Å². The Hall–Kier alpha value is -2.16. The van der Waals surface area contributed by atoms with E-state index >= 15 is 0 Å². The van der Waals surface area contributed by atoms with Gasteiger partial charge in [-0.3, -0.25) is 4.79 Å². The van der Waals surface area contributed by atoms with Crippen molar-refractivity contribution in [1.29, 1.82) is 5.26 Å². The highest BCUT2D eigenvalue weighted by atomic mass is 19.1. The number of carbonyl (C=O) groups is 1. The molecule has 96 valence electrons. The highest BCUT2D eigenvalue weighted by molar-refractivity contribution is 5.73. The zero-order valence-corrected chi connectivity index (χ0v) is 9.67. The molecule has 1 aromatic rings. The van der Waals surface area contributed by atoms with E-state index in [0.717, 1.165) is 12.1 Å². The Labute approximate surface area is 103 Å². The maximum absolute atomic E-state index is 13.4. The number of nitrogens with zero attached hydrogens (tertiary/aromatic N) is 1. The van der Waals surface area contributed by atoms with Crippen LogP contribution in [0.5, 0.6) is 0 Å². The summed E-state index contributed by atoms with van der Waals surface area (Å²) in [6, 6.07) is 3.60. The molecule has 0 aliphatic carbocycles. The van der Waals surface area contributed by atoms with Gasteiger partial charge in [-0.25, -0.2) is 8.78 Å². The Balaban J connectivity index is 2.53. The molecule has 1 rings (SSSR count). The highest BCUT2D eigenvalue weighted by Gasteiger charge is 2.10. The highest BCUT2D eigenvalue weighted by Crippen LogP contribution is 2.20. The van der Waals surface area contributed by atoms with Crippen LogP contribution < -0.4 is 11.1 Å². The fourth-order valence-electron chi connectivity index (χ4n) is 1.44. The zero-order chi connectivity index (χ0) is 13.5. The van der Waals surface area contributed by atoms with Gasteiger partial charge in [0.25, 0.3) is 0 Å². The second-order valence-electron chi connectivity index (χ2n) is 3.78. The molecule has 1 aromatic carbocycles. The molecule has 1 amide bonds. The molecule has 0 fully saturated rings. The Bertz CT molecular complexity index is 460. The van der Waals surface area contributed by atoms with E-state index in [0.29, 0.717) is 19.4 Å². The van der Waals surface area contributed by atoms with Gasteiger partial charge in [0.1, 0.15) is 5.69 Å². The number of halogens is 2. The van der Waals surface area contributed by atoms with Crippen molar-refractivity contribution in [3.8, 4) is 6.07 Å². The van der Waals surface area contributed by atoms with Crippen LogP contribution in [-0.4, -0.2) is 12.5 Å². The van der Waals surface area contributed by atoms with Crippen LogP contribution in [0.15, 0.2) is 12.1 Å². The zero-order valence-electron chi connectivity index (χ0n) is 9.67. The van der Waals surface area contributed by atoms with Crippen molar-refractivity contribution in [2.24, 2.45) is 5.73 Å². The lowest BCUT2D eigenvalue weighted by molar-refractivity contribution is -0.118. The van der Waals surface area contributed by atoms with Crippen LogP contribution in [0.2, 0.25) is 0 Å². The van der Waals surface area contributed by atoms with Crippen molar-refractivity contribution >= 4 is 11.6 Å². The summed E-state index contributed by atoms with van der Waals surface area (Å²) in [5.74, 6) is -2.01. The molecule has 4 nitrogen and oxygen atoms in total. The van der Waals surface area contributed by atoms with Gasteiger partial charge in [-0.15, -0.1) is 0 Å². The third kappa shape index (κ3) is 4.01. The quantitative estimate of drug-likeness (QED) is 0.760. The molecule has 0 saturated heterocycles. The lowest BCUT2D eigenvalue weighted by atomic mass is 10.2. The van der Waals surface area contributed by atoms with Crippen molar-refractivity contribution in [3.63, 3.8) is 0 Å². The molecule has 0 spiro atoms. The van der Waals surface area contributed by atoms with E-state index in [2.05, 4.69) is 5.32 Å². The van der Waals surface area contributed by atoms with Crippen LogP contribution in [0.1, 0.15) is 24.8 Å². The van der Waals surface area contributed by atoms with Gasteiger partial charge in [-0.1, -0.05) is 0 Å². The average Bonchev–Trinajstić information content (AvgIpc) is 2.31. The second kappa shape index (κ2) is 6.55. The first-order chi connectivity index (χ1) is 8.54. The Morgan fingerprint density at radius 3 is 2.44 bits per heavy atom. The predicted octanol–water partition coefficient (Wildman–Crippen LogP) is 1.90. The second-order valence-corrected chi connectivity index (χ2v) is 3.78. The minimum atomic E-state index is -0.804. The van der Waals surface area contributed by atoms with Crippen molar-refractivity contribution in [2.75, 3.05) is 11.9 Å². The number of nitrogens with two attached hydrogens (primary N) is 1. The maximum atomic E-state index is 13.4. The lowest BCUT2D eigenvalue weighted by Gasteiger charge is -2.08. The molecule has 0 aromatic heterocycles. The van der Waals surface area contributed by atoms with Crippen molar-refractivity contribution in [3.05, 3.63) is 29.3 Å². The molecule has 0 aliphatic heterocycles. The van der Waals surface area contributed by atoms with Gasteiger partial charge in [0.05, 0.1) is 11.6 Å². The van der Waals surface area contributed by atoms with E-state index in [9.17, 15) is 13.6 Å². The third-order valence-corrected chi connectivity index (χ3v) is 2.32. The predicted molar refractivity (Wildman–Crippen MR) is 62.6 cm³/mol. The van der Waals surface area contributed by atoms with Crippen LogP contribution in [0, 0.1) is 23.0 Å². The summed E-state index contributed by atoms with van der Waals surface area (Å²) in [7, 11) is 0. The Morgan fingerprint density at radius 1 is 1.33 bits per heavy atom. The molecule has 0 unspecified atom stereocenters. The molecular weight excluding hydrogens is 240 g/mol. The third-order valence-electron chi connectivity index (χ3n) is 2.32. The topological polar surface area (TPSA) is 78.9 Å². The van der Waals surface area contributed by atoms with E-state index < -0.39 is 17.5 Å². The van der Waals surface area contributed by atoms with Crippen molar-refractivity contribution < 1.29 is 13.6 Å². The summed E-state index contributed by atoms with van der Waals surface area (Å²) in [5.41, 5.74) is 4.63. The normalized spacial score (nSPS) is 9.83. The first kappa shape index (κ1) is 13.9. The number of amides is 1. The lowest BCUT2D eigenvalue weighted by Crippen LogP contribution is -2.11.